The van der Waals surface area contributed by atoms with Crippen LogP contribution >= 0.6 is 0 Å². The van der Waals surface area contributed by atoms with E-state index in [4.69, 9.17) is 0 Å². The Bertz CT molecular complexity index is 1420. The quantitative estimate of drug-likeness (QED) is 0.354. The fourth-order valence-corrected chi connectivity index (χ4v) is 6.50. The third-order valence-electron chi connectivity index (χ3n) is 7.37. The minimum absolute atomic E-state index is 0.0424. The van der Waals surface area contributed by atoms with Gasteiger partial charge in [0, 0.05) is 18.4 Å². The molecular weight excluding hydrogens is 519 g/mol. The fraction of sp³-hybridized carbons (Fsp3) is 0.462. The number of imidazole rings is 1. The topological polar surface area (TPSA) is 116 Å². The van der Waals surface area contributed by atoms with Crippen molar-refractivity contribution < 1.29 is 26.4 Å². The highest BCUT2D eigenvalue weighted by Gasteiger charge is 2.41. The Morgan fingerprint density at radius 2 is 1.82 bits per heavy atom. The van der Waals surface area contributed by atoms with Gasteiger partial charge in [-0.2, -0.15) is 0 Å². The van der Waals surface area contributed by atoms with Crippen molar-refractivity contribution in [2.24, 2.45) is 5.92 Å². The zero-order valence-electron chi connectivity index (χ0n) is 20.8. The number of hydrogen-bond acceptors (Lipinski definition) is 5. The Morgan fingerprint density at radius 1 is 1.11 bits per heavy atom. The maximum atomic E-state index is 13.6. The van der Waals surface area contributed by atoms with Gasteiger partial charge in [0.15, 0.2) is 0 Å². The first kappa shape index (κ1) is 26.6. The molecule has 0 unspecified atom stereocenters. The Kier molecular flexibility index (Phi) is 7.23. The van der Waals surface area contributed by atoms with Gasteiger partial charge in [-0.25, -0.2) is 31.3 Å². The molecular formula is C26H30F3N5O3S. The SMILES string of the molecule is C[C@@H](NC(=O)[C@H]1CC[C@H](NS(=O)(=O)c2ccc3[nH]c([C@@H]4CC(F)(F)CN4)nc3c2)CC1)c1ccc(F)cc1. The number of halogens is 3. The molecule has 38 heavy (non-hydrogen) atoms. The summed E-state index contributed by atoms with van der Waals surface area (Å²) in [6.45, 7) is 1.42. The molecule has 1 saturated heterocycles. The van der Waals surface area contributed by atoms with E-state index in [0.717, 1.165) is 5.56 Å². The van der Waals surface area contributed by atoms with Crippen molar-refractivity contribution in [3.05, 3.63) is 59.7 Å². The van der Waals surface area contributed by atoms with Gasteiger partial charge in [-0.05, 0) is 68.5 Å². The molecule has 5 rings (SSSR count). The number of nitrogens with zero attached hydrogens (tertiary/aromatic N) is 1. The summed E-state index contributed by atoms with van der Waals surface area (Å²) in [4.78, 5) is 20.1. The lowest BCUT2D eigenvalue weighted by Gasteiger charge is -2.29. The fourth-order valence-electron chi connectivity index (χ4n) is 5.17. The van der Waals surface area contributed by atoms with Crippen LogP contribution in [-0.4, -0.2) is 42.8 Å². The molecule has 1 aliphatic carbocycles. The van der Waals surface area contributed by atoms with Crippen LogP contribution < -0.4 is 15.4 Å². The first-order chi connectivity index (χ1) is 18.0. The van der Waals surface area contributed by atoms with Crippen LogP contribution in [0.3, 0.4) is 0 Å². The number of aromatic nitrogens is 2. The standard InChI is InChI=1S/C26H30F3N5O3S/c1-15(16-2-6-18(27)7-3-16)31-25(35)17-4-8-19(9-5-17)34-38(36,37)20-10-11-21-22(12-20)33-24(32-21)23-13-26(28,29)14-30-23/h2-3,6-7,10-12,15,17,19,23,30,34H,4-5,8-9,13-14H2,1H3,(H,31,35)(H,32,33)/t15-,17-,19-,23+/m1/s1. The summed E-state index contributed by atoms with van der Waals surface area (Å²) in [5, 5.41) is 5.70. The number of H-pyrrole nitrogens is 1. The number of carbonyl (C=O) groups excluding carboxylic acids is 1. The molecule has 1 aliphatic heterocycles. The van der Waals surface area contributed by atoms with Gasteiger partial charge in [-0.1, -0.05) is 12.1 Å². The summed E-state index contributed by atoms with van der Waals surface area (Å²) in [6.07, 6.45) is 1.73. The molecule has 0 radical (unpaired) electrons. The Labute approximate surface area is 218 Å². The van der Waals surface area contributed by atoms with Crippen molar-refractivity contribution in [2.75, 3.05) is 6.54 Å². The zero-order chi connectivity index (χ0) is 27.1. The first-order valence-corrected chi connectivity index (χ1v) is 14.2. The number of rotatable bonds is 7. The van der Waals surface area contributed by atoms with Gasteiger partial charge in [-0.3, -0.25) is 4.79 Å². The summed E-state index contributed by atoms with van der Waals surface area (Å²) in [6, 6.07) is 9.25. The number of fused-ring (bicyclic) bond motifs is 1. The van der Waals surface area contributed by atoms with E-state index in [-0.39, 0.29) is 41.0 Å². The molecule has 1 amide bonds. The monoisotopic (exact) mass is 549 g/mol. The van der Waals surface area contributed by atoms with Crippen molar-refractivity contribution in [2.45, 2.75) is 68.0 Å². The van der Waals surface area contributed by atoms with Gasteiger partial charge < -0.3 is 15.6 Å². The molecule has 1 saturated carbocycles. The highest BCUT2D eigenvalue weighted by molar-refractivity contribution is 7.89. The van der Waals surface area contributed by atoms with E-state index in [1.165, 1.54) is 24.3 Å². The summed E-state index contributed by atoms with van der Waals surface area (Å²) in [7, 11) is -3.85. The molecule has 0 spiro atoms. The molecule has 2 aliphatic rings. The molecule has 2 aromatic carbocycles. The molecule has 4 N–H and O–H groups in total. The number of sulfonamides is 1. The van der Waals surface area contributed by atoms with Gasteiger partial charge in [-0.15, -0.1) is 0 Å². The normalized spacial score (nSPS) is 24.4. The Balaban J connectivity index is 1.17. The van der Waals surface area contributed by atoms with Crippen molar-refractivity contribution in [3.63, 3.8) is 0 Å². The van der Waals surface area contributed by atoms with Crippen molar-refractivity contribution in [1.82, 2.24) is 25.3 Å². The van der Waals surface area contributed by atoms with E-state index >= 15 is 0 Å². The second-order valence-corrected chi connectivity index (χ2v) is 12.0. The van der Waals surface area contributed by atoms with Crippen LogP contribution in [-0.2, 0) is 14.8 Å². The smallest absolute Gasteiger partial charge is 0.262 e. The van der Waals surface area contributed by atoms with E-state index in [2.05, 4.69) is 25.3 Å². The largest absolute Gasteiger partial charge is 0.349 e. The number of hydrogen-bond donors (Lipinski definition) is 4. The lowest BCUT2D eigenvalue weighted by atomic mass is 9.85. The van der Waals surface area contributed by atoms with E-state index in [9.17, 15) is 26.4 Å². The van der Waals surface area contributed by atoms with Gasteiger partial charge in [0.2, 0.25) is 15.9 Å². The van der Waals surface area contributed by atoms with Crippen molar-refractivity contribution in [3.8, 4) is 0 Å². The second kappa shape index (κ2) is 10.3. The number of carbonyl (C=O) groups is 1. The highest BCUT2D eigenvalue weighted by atomic mass is 32.2. The highest BCUT2D eigenvalue weighted by Crippen LogP contribution is 2.34. The average molecular weight is 550 g/mol. The zero-order valence-corrected chi connectivity index (χ0v) is 21.6. The minimum Gasteiger partial charge on any atom is -0.349 e. The molecule has 3 aromatic rings. The van der Waals surface area contributed by atoms with Crippen LogP contribution in [0, 0.1) is 11.7 Å². The first-order valence-electron chi connectivity index (χ1n) is 12.7. The van der Waals surface area contributed by atoms with Crippen LogP contribution in [0.15, 0.2) is 47.4 Å². The lowest BCUT2D eigenvalue weighted by molar-refractivity contribution is -0.126. The van der Waals surface area contributed by atoms with Crippen molar-refractivity contribution in [1.29, 1.82) is 0 Å². The molecule has 2 fully saturated rings. The van der Waals surface area contributed by atoms with Gasteiger partial charge in [0.05, 0.1) is 34.6 Å². The van der Waals surface area contributed by atoms with Crippen LogP contribution in [0.2, 0.25) is 0 Å². The molecule has 204 valence electrons. The second-order valence-electron chi connectivity index (χ2n) is 10.2. The Morgan fingerprint density at radius 3 is 2.47 bits per heavy atom. The van der Waals surface area contributed by atoms with E-state index in [0.29, 0.717) is 42.5 Å². The van der Waals surface area contributed by atoms with Gasteiger partial charge in [0.25, 0.3) is 5.92 Å². The summed E-state index contributed by atoms with van der Waals surface area (Å²) < 4.78 is 69.1. The van der Waals surface area contributed by atoms with E-state index in [1.54, 1.807) is 18.2 Å². The summed E-state index contributed by atoms with van der Waals surface area (Å²) in [5.74, 6) is -3.12. The van der Waals surface area contributed by atoms with Gasteiger partial charge >= 0.3 is 0 Å². The average Bonchev–Trinajstić information content (AvgIpc) is 3.46. The van der Waals surface area contributed by atoms with Crippen LogP contribution in [0.4, 0.5) is 13.2 Å². The van der Waals surface area contributed by atoms with Crippen LogP contribution in [0.5, 0.6) is 0 Å². The maximum Gasteiger partial charge on any atom is 0.262 e. The third-order valence-corrected chi connectivity index (χ3v) is 8.89. The molecule has 2 atom stereocenters. The third kappa shape index (κ3) is 5.87. The lowest BCUT2D eigenvalue weighted by Crippen LogP contribution is -2.41. The molecule has 8 nitrogen and oxygen atoms in total. The van der Waals surface area contributed by atoms with Gasteiger partial charge in [0.1, 0.15) is 11.6 Å². The number of benzene rings is 2. The number of aromatic amines is 1. The van der Waals surface area contributed by atoms with Crippen LogP contribution in [0.25, 0.3) is 11.0 Å². The van der Waals surface area contributed by atoms with Crippen LogP contribution in [0.1, 0.15) is 62.5 Å². The number of amides is 1. The number of nitrogens with one attached hydrogen (secondary N) is 4. The Hall–Kier alpha value is -2.96. The summed E-state index contributed by atoms with van der Waals surface area (Å²) in [5.41, 5.74) is 1.76. The maximum absolute atomic E-state index is 13.6. The molecule has 12 heteroatoms. The molecule has 0 bridgehead atoms. The van der Waals surface area contributed by atoms with E-state index < -0.39 is 28.5 Å². The number of alkyl halides is 2. The van der Waals surface area contributed by atoms with E-state index in [1.807, 2.05) is 6.92 Å². The predicted molar refractivity (Wildman–Crippen MR) is 135 cm³/mol. The minimum atomic E-state index is -3.85. The predicted octanol–water partition coefficient (Wildman–Crippen LogP) is 4.09. The molecule has 1 aromatic heterocycles. The van der Waals surface area contributed by atoms with Crippen molar-refractivity contribution >= 4 is 27.0 Å². The summed E-state index contributed by atoms with van der Waals surface area (Å²) >= 11 is 0. The molecule has 2 heterocycles.